The maximum absolute atomic E-state index is 12.2. The molecular formula is C26H37NaO5S. The van der Waals surface area contributed by atoms with Gasteiger partial charge >= 0.3 is 29.6 Å². The van der Waals surface area contributed by atoms with Gasteiger partial charge in [-0.2, -0.15) is 8.42 Å². The summed E-state index contributed by atoms with van der Waals surface area (Å²) < 4.78 is 38.3. The predicted octanol–water partition coefficient (Wildman–Crippen LogP) is 4.05. The third kappa shape index (κ3) is 11.8. The Morgan fingerprint density at radius 1 is 0.818 bits per heavy atom. The monoisotopic (exact) mass is 484 g/mol. The standard InChI is InChI=1S/C26H38O5S.Na/c1-2-3-4-5-6-7-8-9-10-11-12-14-17-22-20-26(32(28,29)30)24(27)21-25(22)31-23-18-15-13-16-19-23;/h13,15-16,18-21,27H,2-12,14,17H2,1H3,(H,28,29,30);/q;+1/p-1. The van der Waals surface area contributed by atoms with Gasteiger partial charge in [0.25, 0.3) is 10.1 Å². The second-order valence-corrected chi connectivity index (χ2v) is 9.83. The van der Waals surface area contributed by atoms with Crippen LogP contribution in [0, 0.1) is 0 Å². The number of rotatable bonds is 16. The Kier molecular flexibility index (Phi) is 15.0. The number of hydrogen-bond acceptors (Lipinski definition) is 4. The fourth-order valence-corrected chi connectivity index (χ4v) is 4.45. The fourth-order valence-electron chi connectivity index (χ4n) is 3.85. The van der Waals surface area contributed by atoms with Crippen molar-refractivity contribution in [2.24, 2.45) is 0 Å². The molecular weight excluding hydrogens is 447 g/mol. The van der Waals surface area contributed by atoms with E-state index < -0.39 is 20.8 Å². The van der Waals surface area contributed by atoms with Gasteiger partial charge in [-0.05, 0) is 42.7 Å². The molecule has 0 saturated carbocycles. The topological polar surface area (TPSA) is 86.7 Å². The summed E-state index contributed by atoms with van der Waals surface area (Å²) in [6, 6.07) is 11.5. The van der Waals surface area contributed by atoms with Gasteiger partial charge in [0, 0.05) is 0 Å². The van der Waals surface area contributed by atoms with Crippen molar-refractivity contribution in [2.45, 2.75) is 95.3 Å². The molecule has 2 aromatic carbocycles. The van der Waals surface area contributed by atoms with Crippen molar-refractivity contribution in [2.75, 3.05) is 0 Å². The molecule has 7 heteroatoms. The third-order valence-electron chi connectivity index (χ3n) is 5.68. The smallest absolute Gasteiger partial charge is 0.871 e. The predicted molar refractivity (Wildman–Crippen MR) is 127 cm³/mol. The molecule has 0 radical (unpaired) electrons. The van der Waals surface area contributed by atoms with Crippen molar-refractivity contribution in [3.8, 4) is 17.2 Å². The zero-order chi connectivity index (χ0) is 23.2. The number of benzene rings is 2. The first-order chi connectivity index (χ1) is 15.4. The van der Waals surface area contributed by atoms with Crippen molar-refractivity contribution in [1.82, 2.24) is 0 Å². The molecule has 33 heavy (non-hydrogen) atoms. The van der Waals surface area contributed by atoms with E-state index in [2.05, 4.69) is 6.92 Å². The van der Waals surface area contributed by atoms with E-state index in [1.807, 2.05) is 18.2 Å². The summed E-state index contributed by atoms with van der Waals surface area (Å²) in [5.74, 6) is 0.149. The Morgan fingerprint density at radius 3 is 1.85 bits per heavy atom. The van der Waals surface area contributed by atoms with Crippen molar-refractivity contribution < 1.29 is 52.4 Å². The maximum atomic E-state index is 12.2. The molecule has 5 nitrogen and oxygen atoms in total. The number of ether oxygens (including phenoxy) is 1. The van der Waals surface area contributed by atoms with Crippen molar-refractivity contribution in [1.29, 1.82) is 0 Å². The van der Waals surface area contributed by atoms with Crippen molar-refractivity contribution in [3.05, 3.63) is 48.0 Å². The quantitative estimate of drug-likeness (QED) is 0.221. The normalized spacial score (nSPS) is 11.2. The SMILES string of the molecule is CCCCCCCCCCCCCCc1cc(S(=O)(=O)O)c([O-])cc1Oc1ccccc1.[Na+]. The van der Waals surface area contributed by atoms with Crippen LogP contribution in [-0.2, 0) is 16.5 Å². The number of para-hydroxylation sites is 1. The summed E-state index contributed by atoms with van der Waals surface area (Å²) >= 11 is 0. The minimum atomic E-state index is -4.57. The molecule has 0 heterocycles. The van der Waals surface area contributed by atoms with E-state index in [0.717, 1.165) is 25.3 Å². The van der Waals surface area contributed by atoms with Crippen LogP contribution >= 0.6 is 0 Å². The van der Waals surface area contributed by atoms with Crippen LogP contribution in [0.4, 0.5) is 0 Å². The Bertz CT molecular complexity index is 900. The summed E-state index contributed by atoms with van der Waals surface area (Å²) in [7, 11) is -4.57. The molecule has 0 fully saturated rings. The zero-order valence-electron chi connectivity index (χ0n) is 20.2. The van der Waals surface area contributed by atoms with Crippen LogP contribution in [0.3, 0.4) is 0 Å². The number of hydrogen-bond donors (Lipinski definition) is 1. The Labute approximate surface area is 222 Å². The van der Waals surface area contributed by atoms with E-state index in [1.165, 1.54) is 63.9 Å². The van der Waals surface area contributed by atoms with Crippen LogP contribution in [0.1, 0.15) is 89.5 Å². The Hall–Kier alpha value is -1.05. The average Bonchev–Trinajstić information content (AvgIpc) is 2.75. The van der Waals surface area contributed by atoms with E-state index in [-0.39, 0.29) is 29.6 Å². The summed E-state index contributed by atoms with van der Waals surface area (Å²) in [6.07, 6.45) is 15.4. The first-order valence-electron chi connectivity index (χ1n) is 12.0. The van der Waals surface area contributed by atoms with Crippen LogP contribution in [0.25, 0.3) is 0 Å². The second-order valence-electron chi connectivity index (χ2n) is 8.44. The van der Waals surface area contributed by atoms with Gasteiger partial charge in [0.2, 0.25) is 0 Å². The molecule has 2 aromatic rings. The molecule has 0 aliphatic heterocycles. The van der Waals surface area contributed by atoms with Crippen LogP contribution in [0.5, 0.6) is 17.2 Å². The van der Waals surface area contributed by atoms with E-state index in [9.17, 15) is 18.1 Å². The summed E-state index contributed by atoms with van der Waals surface area (Å²) in [6.45, 7) is 2.24. The molecule has 0 amide bonds. The van der Waals surface area contributed by atoms with Gasteiger partial charge in [0.1, 0.15) is 11.5 Å². The number of aryl methyl sites for hydroxylation is 1. The fraction of sp³-hybridized carbons (Fsp3) is 0.538. The Balaban J connectivity index is 0.00000544. The summed E-state index contributed by atoms with van der Waals surface area (Å²) in [4.78, 5) is -0.591. The summed E-state index contributed by atoms with van der Waals surface area (Å²) in [5, 5.41) is 12.2. The van der Waals surface area contributed by atoms with Crippen LogP contribution < -0.4 is 39.4 Å². The molecule has 0 spiro atoms. The van der Waals surface area contributed by atoms with Gasteiger partial charge in [0.15, 0.2) is 0 Å². The van der Waals surface area contributed by atoms with E-state index in [1.54, 1.807) is 12.1 Å². The molecule has 0 saturated heterocycles. The number of unbranched alkanes of at least 4 members (excludes halogenated alkanes) is 11. The van der Waals surface area contributed by atoms with E-state index in [0.29, 0.717) is 23.5 Å². The van der Waals surface area contributed by atoms with Crippen LogP contribution in [0.15, 0.2) is 47.4 Å². The first-order valence-corrected chi connectivity index (χ1v) is 13.4. The minimum Gasteiger partial charge on any atom is -0.871 e. The van der Waals surface area contributed by atoms with Gasteiger partial charge in [-0.15, -0.1) is 0 Å². The van der Waals surface area contributed by atoms with Gasteiger partial charge in [-0.3, -0.25) is 4.55 Å². The van der Waals surface area contributed by atoms with Gasteiger partial charge < -0.3 is 9.84 Å². The van der Waals surface area contributed by atoms with Gasteiger partial charge in [0.05, 0.1) is 4.90 Å². The Morgan fingerprint density at radius 2 is 1.33 bits per heavy atom. The molecule has 1 N–H and O–H groups in total. The molecule has 0 bridgehead atoms. The maximum Gasteiger partial charge on any atom is 1.00 e. The van der Waals surface area contributed by atoms with E-state index >= 15 is 0 Å². The molecule has 0 aliphatic carbocycles. The van der Waals surface area contributed by atoms with E-state index in [4.69, 9.17) is 4.74 Å². The minimum absolute atomic E-state index is 0. The van der Waals surface area contributed by atoms with Crippen LogP contribution in [0.2, 0.25) is 0 Å². The average molecular weight is 485 g/mol. The van der Waals surface area contributed by atoms with Gasteiger partial charge in [-0.1, -0.05) is 102 Å². The first kappa shape index (κ1) is 30.0. The largest absolute Gasteiger partial charge is 1.00 e. The molecule has 0 aromatic heterocycles. The zero-order valence-corrected chi connectivity index (χ0v) is 23.0. The van der Waals surface area contributed by atoms with Gasteiger partial charge in [-0.25, -0.2) is 0 Å². The van der Waals surface area contributed by atoms with Crippen molar-refractivity contribution in [3.63, 3.8) is 0 Å². The summed E-state index contributed by atoms with van der Waals surface area (Å²) in [5.41, 5.74) is 0.619. The molecule has 0 aliphatic rings. The third-order valence-corrected chi connectivity index (χ3v) is 6.55. The molecule has 0 atom stereocenters. The van der Waals surface area contributed by atoms with Crippen LogP contribution in [-0.4, -0.2) is 13.0 Å². The molecule has 0 unspecified atom stereocenters. The van der Waals surface area contributed by atoms with Crippen molar-refractivity contribution >= 4 is 10.1 Å². The molecule has 178 valence electrons. The second kappa shape index (κ2) is 16.6. The molecule has 2 rings (SSSR count).